The van der Waals surface area contributed by atoms with Gasteiger partial charge < -0.3 is 9.31 Å². The van der Waals surface area contributed by atoms with Gasteiger partial charge in [-0.05, 0) is 45.3 Å². The fourth-order valence-electron chi connectivity index (χ4n) is 2.65. The van der Waals surface area contributed by atoms with Crippen molar-refractivity contribution in [2.45, 2.75) is 64.6 Å². The summed E-state index contributed by atoms with van der Waals surface area (Å²) < 4.78 is 64.0. The molecule has 0 saturated carbocycles. The molecule has 2 aromatic rings. The summed E-state index contributed by atoms with van der Waals surface area (Å²) in [6, 6.07) is 12.1. The van der Waals surface area contributed by atoms with Crippen molar-refractivity contribution in [1.82, 2.24) is 0 Å². The van der Waals surface area contributed by atoms with E-state index in [2.05, 4.69) is 15.9 Å². The minimum Gasteiger partial charge on any atom is -0.399 e. The maximum absolute atomic E-state index is 13.1. The fourth-order valence-corrected chi connectivity index (χ4v) is 2.92. The van der Waals surface area contributed by atoms with Crippen molar-refractivity contribution in [1.29, 1.82) is 0 Å². The van der Waals surface area contributed by atoms with E-state index >= 15 is 0 Å². The van der Waals surface area contributed by atoms with Crippen LogP contribution in [0.1, 0.15) is 52.7 Å². The summed E-state index contributed by atoms with van der Waals surface area (Å²) in [7, 11) is -0.510. The Morgan fingerprint density at radius 3 is 1.37 bits per heavy atom. The number of halogens is 5. The Balaban J connectivity index is 0.000000248. The third-order valence-corrected chi connectivity index (χ3v) is 5.82. The first-order valence-electron chi connectivity index (χ1n) is 9.51. The number of hydrogen-bond acceptors (Lipinski definition) is 2. The number of alkyl halides is 4. The van der Waals surface area contributed by atoms with Gasteiger partial charge in [-0.25, -0.2) is 17.6 Å². The van der Waals surface area contributed by atoms with E-state index < -0.39 is 30.2 Å². The first-order valence-corrected chi connectivity index (χ1v) is 10.3. The maximum Gasteiger partial charge on any atom is 0.494 e. The van der Waals surface area contributed by atoms with Crippen LogP contribution < -0.4 is 5.46 Å². The summed E-state index contributed by atoms with van der Waals surface area (Å²) >= 11 is 3.17. The van der Waals surface area contributed by atoms with E-state index in [0.717, 1.165) is 23.8 Å². The minimum atomic E-state index is -2.82. The van der Waals surface area contributed by atoms with Gasteiger partial charge >= 0.3 is 7.12 Å². The molecule has 0 N–H and O–H groups in total. The Kier molecular flexibility index (Phi) is 7.16. The third-order valence-electron chi connectivity index (χ3n) is 5.29. The minimum absolute atomic E-state index is 0.00670. The standard InChI is InChI=1S/C14H19BF2O2.C8H7BrF2/c1-12(2)13(3,4)19-15(18-12)11-8-6-10(7-9-11)14(5,16)17;1-8(10,11)6-2-4-7(9)5-3-6/h6-9H,1-5H3;2-5H,1H3. The average Bonchev–Trinajstić information content (AvgIpc) is 2.82. The van der Waals surface area contributed by atoms with E-state index in [0.29, 0.717) is 0 Å². The van der Waals surface area contributed by atoms with Crippen LogP contribution in [0.3, 0.4) is 0 Å². The van der Waals surface area contributed by atoms with Crippen LogP contribution in [-0.4, -0.2) is 18.3 Å². The Morgan fingerprint density at radius 1 is 0.700 bits per heavy atom. The van der Waals surface area contributed by atoms with Crippen LogP contribution in [0.15, 0.2) is 53.0 Å². The van der Waals surface area contributed by atoms with Crippen molar-refractivity contribution in [3.05, 3.63) is 64.1 Å². The van der Waals surface area contributed by atoms with Crippen molar-refractivity contribution in [3.8, 4) is 0 Å². The first kappa shape index (κ1) is 24.9. The molecule has 164 valence electrons. The first-order chi connectivity index (χ1) is 13.5. The molecule has 2 aromatic carbocycles. The molecule has 1 heterocycles. The summed E-state index contributed by atoms with van der Waals surface area (Å²) in [5.74, 6) is -5.56. The number of benzene rings is 2. The van der Waals surface area contributed by atoms with E-state index in [4.69, 9.17) is 9.31 Å². The van der Waals surface area contributed by atoms with Gasteiger partial charge in [-0.1, -0.05) is 52.3 Å². The smallest absolute Gasteiger partial charge is 0.399 e. The molecule has 0 amide bonds. The summed E-state index contributed by atoms with van der Waals surface area (Å²) in [5.41, 5.74) is -0.0594. The molecule has 0 bridgehead atoms. The highest BCUT2D eigenvalue weighted by atomic mass is 79.9. The lowest BCUT2D eigenvalue weighted by Gasteiger charge is -2.32. The molecule has 0 aromatic heterocycles. The van der Waals surface area contributed by atoms with E-state index in [1.165, 1.54) is 24.3 Å². The van der Waals surface area contributed by atoms with Gasteiger partial charge in [0.25, 0.3) is 11.8 Å². The Labute approximate surface area is 184 Å². The quantitative estimate of drug-likeness (QED) is 0.355. The third kappa shape index (κ3) is 6.08. The molecule has 3 rings (SSSR count). The van der Waals surface area contributed by atoms with E-state index in [1.54, 1.807) is 24.3 Å². The molecule has 30 heavy (non-hydrogen) atoms. The van der Waals surface area contributed by atoms with Crippen molar-refractivity contribution in [2.75, 3.05) is 0 Å². The Bertz CT molecular complexity index is 825. The summed E-state index contributed by atoms with van der Waals surface area (Å²) in [6.07, 6.45) is 0. The molecule has 0 atom stereocenters. The van der Waals surface area contributed by atoms with Gasteiger partial charge in [0.15, 0.2) is 0 Å². The molecule has 0 radical (unpaired) electrons. The second-order valence-electron chi connectivity index (χ2n) is 8.49. The molecular formula is C22H26BBrF4O2. The summed E-state index contributed by atoms with van der Waals surface area (Å²) in [5, 5.41) is 0. The largest absolute Gasteiger partial charge is 0.494 e. The predicted octanol–water partition coefficient (Wildman–Crippen LogP) is 6.66. The van der Waals surface area contributed by atoms with Gasteiger partial charge in [-0.15, -0.1) is 0 Å². The Morgan fingerprint density at radius 2 is 1.03 bits per heavy atom. The zero-order valence-electron chi connectivity index (χ0n) is 17.9. The highest BCUT2D eigenvalue weighted by molar-refractivity contribution is 9.10. The van der Waals surface area contributed by atoms with Crippen LogP contribution in [0.2, 0.25) is 0 Å². The van der Waals surface area contributed by atoms with Gasteiger partial charge in [0, 0.05) is 29.4 Å². The average molecular weight is 489 g/mol. The van der Waals surface area contributed by atoms with Crippen LogP contribution in [0, 0.1) is 0 Å². The fraction of sp³-hybridized carbons (Fsp3) is 0.455. The van der Waals surface area contributed by atoms with Gasteiger partial charge in [0.2, 0.25) is 0 Å². The second-order valence-corrected chi connectivity index (χ2v) is 9.41. The van der Waals surface area contributed by atoms with Gasteiger partial charge in [0.1, 0.15) is 0 Å². The monoisotopic (exact) mass is 488 g/mol. The lowest BCUT2D eigenvalue weighted by atomic mass is 9.78. The molecule has 1 aliphatic rings. The van der Waals surface area contributed by atoms with Gasteiger partial charge in [-0.2, -0.15) is 0 Å². The van der Waals surface area contributed by atoms with Crippen molar-refractivity contribution < 1.29 is 26.9 Å². The molecule has 2 nitrogen and oxygen atoms in total. The highest BCUT2D eigenvalue weighted by Crippen LogP contribution is 2.36. The number of rotatable bonds is 3. The lowest BCUT2D eigenvalue weighted by Crippen LogP contribution is -2.41. The molecule has 1 aliphatic heterocycles. The van der Waals surface area contributed by atoms with E-state index in [9.17, 15) is 17.6 Å². The van der Waals surface area contributed by atoms with Gasteiger partial charge in [-0.3, -0.25) is 0 Å². The second kappa shape index (κ2) is 8.63. The van der Waals surface area contributed by atoms with Crippen molar-refractivity contribution in [2.24, 2.45) is 0 Å². The SMILES string of the molecule is CC(F)(F)c1ccc(B2OC(C)(C)C(C)(C)O2)cc1.CC(F)(F)c1ccc(Br)cc1. The number of hydrogen-bond donors (Lipinski definition) is 0. The van der Waals surface area contributed by atoms with Crippen LogP contribution in [0.4, 0.5) is 17.6 Å². The van der Waals surface area contributed by atoms with Crippen LogP contribution >= 0.6 is 15.9 Å². The van der Waals surface area contributed by atoms with E-state index in [1.807, 2.05) is 27.7 Å². The zero-order chi connectivity index (χ0) is 23.0. The van der Waals surface area contributed by atoms with Crippen LogP contribution in [-0.2, 0) is 21.2 Å². The highest BCUT2D eigenvalue weighted by Gasteiger charge is 2.51. The molecule has 1 fully saturated rings. The van der Waals surface area contributed by atoms with Crippen LogP contribution in [0.5, 0.6) is 0 Å². The topological polar surface area (TPSA) is 18.5 Å². The zero-order valence-corrected chi connectivity index (χ0v) is 19.5. The molecule has 0 aliphatic carbocycles. The predicted molar refractivity (Wildman–Crippen MR) is 115 cm³/mol. The summed E-state index contributed by atoms with van der Waals surface area (Å²) in [4.78, 5) is 0. The van der Waals surface area contributed by atoms with Crippen molar-refractivity contribution >= 4 is 28.5 Å². The van der Waals surface area contributed by atoms with Crippen molar-refractivity contribution in [3.63, 3.8) is 0 Å². The van der Waals surface area contributed by atoms with E-state index in [-0.39, 0.29) is 11.1 Å². The lowest BCUT2D eigenvalue weighted by molar-refractivity contribution is 0.00578. The maximum atomic E-state index is 13.1. The molecular weight excluding hydrogens is 463 g/mol. The molecule has 0 spiro atoms. The molecule has 1 saturated heterocycles. The Hall–Kier alpha value is -1.38. The molecule has 8 heteroatoms. The summed E-state index contributed by atoms with van der Waals surface area (Å²) in [6.45, 7) is 9.61. The molecule has 0 unspecified atom stereocenters. The van der Waals surface area contributed by atoms with Crippen LogP contribution in [0.25, 0.3) is 0 Å². The normalized spacial score (nSPS) is 18.0. The van der Waals surface area contributed by atoms with Gasteiger partial charge in [0.05, 0.1) is 11.2 Å².